The van der Waals surface area contributed by atoms with Gasteiger partial charge in [0, 0.05) is 38.3 Å². The maximum Gasteiger partial charge on any atom is 0.211 e. The highest BCUT2D eigenvalue weighted by molar-refractivity contribution is 7.89. The smallest absolute Gasteiger partial charge is 0.211 e. The number of nitrogens with one attached hydrogen (secondary N) is 1. The molecule has 0 unspecified atom stereocenters. The largest absolute Gasteiger partial charge is 0.356 e. The minimum atomic E-state index is -3.16. The SMILES string of the molecule is CCS(=O)(=O)N[C@H]1CCCN(c2cc(N3CCCC3)ncn2)C1. The average molecular weight is 339 g/mol. The summed E-state index contributed by atoms with van der Waals surface area (Å²) in [6.45, 7) is 5.33. The van der Waals surface area contributed by atoms with Crippen molar-refractivity contribution in [1.82, 2.24) is 14.7 Å². The summed E-state index contributed by atoms with van der Waals surface area (Å²) in [6.07, 6.45) is 5.87. The molecule has 0 aromatic carbocycles. The second kappa shape index (κ2) is 7.00. The Kier molecular flexibility index (Phi) is 5.01. The van der Waals surface area contributed by atoms with Crippen LogP contribution in [0.15, 0.2) is 12.4 Å². The minimum Gasteiger partial charge on any atom is -0.356 e. The van der Waals surface area contributed by atoms with Gasteiger partial charge in [0.1, 0.15) is 18.0 Å². The van der Waals surface area contributed by atoms with Crippen LogP contribution >= 0.6 is 0 Å². The Balaban J connectivity index is 1.70. The van der Waals surface area contributed by atoms with E-state index in [0.717, 1.165) is 44.1 Å². The zero-order valence-corrected chi connectivity index (χ0v) is 14.4. The average Bonchev–Trinajstić information content (AvgIpc) is 3.09. The number of anilines is 2. The summed E-state index contributed by atoms with van der Waals surface area (Å²) in [6, 6.07) is 1.99. The molecule has 8 heteroatoms. The van der Waals surface area contributed by atoms with E-state index >= 15 is 0 Å². The van der Waals surface area contributed by atoms with Gasteiger partial charge in [-0.25, -0.2) is 23.1 Å². The first kappa shape index (κ1) is 16.4. The molecule has 2 aliphatic rings. The molecule has 1 aromatic heterocycles. The zero-order chi connectivity index (χ0) is 16.3. The number of nitrogens with zero attached hydrogens (tertiary/aromatic N) is 4. The van der Waals surface area contributed by atoms with Crippen LogP contribution in [0.2, 0.25) is 0 Å². The van der Waals surface area contributed by atoms with Gasteiger partial charge >= 0.3 is 0 Å². The summed E-state index contributed by atoms with van der Waals surface area (Å²) in [5.74, 6) is 1.99. The van der Waals surface area contributed by atoms with Gasteiger partial charge in [-0.1, -0.05) is 0 Å². The predicted molar refractivity (Wildman–Crippen MR) is 91.3 cm³/mol. The van der Waals surface area contributed by atoms with Crippen LogP contribution in [0, 0.1) is 0 Å². The van der Waals surface area contributed by atoms with Crippen molar-refractivity contribution in [2.45, 2.75) is 38.6 Å². The van der Waals surface area contributed by atoms with Crippen molar-refractivity contribution in [3.63, 3.8) is 0 Å². The summed E-state index contributed by atoms with van der Waals surface area (Å²) < 4.78 is 26.3. The van der Waals surface area contributed by atoms with Crippen molar-refractivity contribution < 1.29 is 8.42 Å². The fourth-order valence-corrected chi connectivity index (χ4v) is 4.11. The number of hydrogen-bond acceptors (Lipinski definition) is 6. The third kappa shape index (κ3) is 4.11. The number of hydrogen-bond donors (Lipinski definition) is 1. The molecule has 1 atom stereocenters. The Morgan fingerprint density at radius 3 is 2.48 bits per heavy atom. The molecule has 0 amide bonds. The molecule has 23 heavy (non-hydrogen) atoms. The van der Waals surface area contributed by atoms with Crippen molar-refractivity contribution in [3.05, 3.63) is 12.4 Å². The van der Waals surface area contributed by atoms with Crippen LogP contribution in [0.5, 0.6) is 0 Å². The minimum absolute atomic E-state index is 0.0427. The summed E-state index contributed by atoms with van der Waals surface area (Å²) in [5, 5.41) is 0. The van der Waals surface area contributed by atoms with Gasteiger partial charge in [-0.2, -0.15) is 0 Å². The molecular weight excluding hydrogens is 314 g/mol. The molecule has 2 fully saturated rings. The lowest BCUT2D eigenvalue weighted by Gasteiger charge is -2.34. The topological polar surface area (TPSA) is 78.4 Å². The molecule has 0 spiro atoms. The van der Waals surface area contributed by atoms with Gasteiger partial charge in [0.25, 0.3) is 0 Å². The highest BCUT2D eigenvalue weighted by Gasteiger charge is 2.25. The lowest BCUT2D eigenvalue weighted by atomic mass is 10.1. The Morgan fingerprint density at radius 2 is 1.78 bits per heavy atom. The highest BCUT2D eigenvalue weighted by atomic mass is 32.2. The van der Waals surface area contributed by atoms with Crippen molar-refractivity contribution in [2.24, 2.45) is 0 Å². The van der Waals surface area contributed by atoms with Gasteiger partial charge in [0.15, 0.2) is 0 Å². The van der Waals surface area contributed by atoms with Crippen LogP contribution < -0.4 is 14.5 Å². The van der Waals surface area contributed by atoms with E-state index in [2.05, 4.69) is 24.5 Å². The normalized spacial score (nSPS) is 22.6. The fraction of sp³-hybridized carbons (Fsp3) is 0.733. The molecule has 2 aliphatic heterocycles. The van der Waals surface area contributed by atoms with Crippen molar-refractivity contribution in [3.8, 4) is 0 Å². The second-order valence-electron chi connectivity index (χ2n) is 6.24. The van der Waals surface area contributed by atoms with Gasteiger partial charge < -0.3 is 9.80 Å². The van der Waals surface area contributed by atoms with Gasteiger partial charge in [0.05, 0.1) is 5.75 Å². The van der Waals surface area contributed by atoms with E-state index in [-0.39, 0.29) is 11.8 Å². The van der Waals surface area contributed by atoms with Crippen molar-refractivity contribution in [1.29, 1.82) is 0 Å². The summed E-state index contributed by atoms with van der Waals surface area (Å²) in [7, 11) is -3.16. The summed E-state index contributed by atoms with van der Waals surface area (Å²) in [4.78, 5) is 13.2. The molecule has 0 saturated carbocycles. The molecule has 0 bridgehead atoms. The molecule has 0 aliphatic carbocycles. The Bertz CT molecular complexity index is 631. The summed E-state index contributed by atoms with van der Waals surface area (Å²) in [5.41, 5.74) is 0. The zero-order valence-electron chi connectivity index (χ0n) is 13.6. The quantitative estimate of drug-likeness (QED) is 0.862. The van der Waals surface area contributed by atoms with E-state index in [0.29, 0.717) is 6.54 Å². The Morgan fingerprint density at radius 1 is 1.13 bits per heavy atom. The van der Waals surface area contributed by atoms with Crippen molar-refractivity contribution >= 4 is 21.7 Å². The molecular formula is C15H25N5O2S. The molecule has 3 heterocycles. The van der Waals surface area contributed by atoms with E-state index < -0.39 is 10.0 Å². The predicted octanol–water partition coefficient (Wildman–Crippen LogP) is 0.985. The number of aromatic nitrogens is 2. The second-order valence-corrected chi connectivity index (χ2v) is 8.28. The van der Waals surface area contributed by atoms with Crippen LogP contribution in [0.3, 0.4) is 0 Å². The molecule has 7 nitrogen and oxygen atoms in total. The maximum atomic E-state index is 11.8. The van der Waals surface area contributed by atoms with E-state index in [1.807, 2.05) is 6.07 Å². The third-order valence-corrected chi connectivity index (χ3v) is 5.99. The molecule has 2 saturated heterocycles. The lowest BCUT2D eigenvalue weighted by Crippen LogP contribution is -2.48. The molecule has 3 rings (SSSR count). The summed E-state index contributed by atoms with van der Waals surface area (Å²) >= 11 is 0. The molecule has 128 valence electrons. The van der Waals surface area contributed by atoms with Gasteiger partial charge in [-0.15, -0.1) is 0 Å². The van der Waals surface area contributed by atoms with E-state index in [9.17, 15) is 8.42 Å². The Labute approximate surface area is 138 Å². The first-order valence-electron chi connectivity index (χ1n) is 8.39. The van der Waals surface area contributed by atoms with E-state index in [1.54, 1.807) is 13.3 Å². The van der Waals surface area contributed by atoms with Crippen LogP contribution in [0.4, 0.5) is 11.6 Å². The number of piperidine rings is 1. The third-order valence-electron chi connectivity index (χ3n) is 4.54. The standard InChI is InChI=1S/C15H25N5O2S/c1-2-23(21,22)18-13-6-5-9-20(11-13)15-10-14(16-12-17-15)19-7-3-4-8-19/h10,12-13,18H,2-9,11H2,1H3/t13-/m0/s1. The van der Waals surface area contributed by atoms with E-state index in [4.69, 9.17) is 0 Å². The Hall–Kier alpha value is -1.41. The first-order chi connectivity index (χ1) is 11.1. The molecule has 0 radical (unpaired) electrons. The lowest BCUT2D eigenvalue weighted by molar-refractivity contribution is 0.464. The number of sulfonamides is 1. The van der Waals surface area contributed by atoms with Crippen LogP contribution in [-0.4, -0.2) is 56.4 Å². The number of rotatable bonds is 5. The maximum absolute atomic E-state index is 11.8. The van der Waals surface area contributed by atoms with E-state index in [1.165, 1.54) is 12.8 Å². The van der Waals surface area contributed by atoms with Gasteiger partial charge in [0.2, 0.25) is 10.0 Å². The molecule has 1 N–H and O–H groups in total. The van der Waals surface area contributed by atoms with Crippen LogP contribution in [0.25, 0.3) is 0 Å². The monoisotopic (exact) mass is 339 g/mol. The van der Waals surface area contributed by atoms with Crippen molar-refractivity contribution in [2.75, 3.05) is 41.7 Å². The van der Waals surface area contributed by atoms with Gasteiger partial charge in [-0.3, -0.25) is 0 Å². The molecule has 1 aromatic rings. The first-order valence-corrected chi connectivity index (χ1v) is 10.0. The van der Waals surface area contributed by atoms with Gasteiger partial charge in [-0.05, 0) is 32.6 Å². The van der Waals surface area contributed by atoms with Crippen LogP contribution in [-0.2, 0) is 10.0 Å². The fourth-order valence-electron chi connectivity index (χ4n) is 3.25. The van der Waals surface area contributed by atoms with Crippen LogP contribution in [0.1, 0.15) is 32.6 Å². The highest BCUT2D eigenvalue weighted by Crippen LogP contribution is 2.23.